The number of aromatic amines is 1. The van der Waals surface area contributed by atoms with Gasteiger partial charge in [-0.15, -0.1) is 0 Å². The minimum Gasteiger partial charge on any atom is -0.507 e. The van der Waals surface area contributed by atoms with Crippen LogP contribution in [0.4, 0.5) is 0 Å². The minimum absolute atomic E-state index is 0.138. The Morgan fingerprint density at radius 1 is 1.53 bits per heavy atom. The average molecular weight is 234 g/mol. The zero-order valence-electron chi connectivity index (χ0n) is 9.40. The lowest BCUT2D eigenvalue weighted by molar-refractivity contribution is -0.138. The van der Waals surface area contributed by atoms with Crippen LogP contribution in [-0.4, -0.2) is 27.2 Å². The van der Waals surface area contributed by atoms with E-state index in [2.05, 4.69) is 4.98 Å². The van der Waals surface area contributed by atoms with E-state index in [0.29, 0.717) is 5.39 Å². The lowest BCUT2D eigenvalue weighted by Crippen LogP contribution is -2.32. The first-order valence-electron chi connectivity index (χ1n) is 5.28. The van der Waals surface area contributed by atoms with Crippen molar-refractivity contribution in [3.05, 3.63) is 29.5 Å². The van der Waals surface area contributed by atoms with Crippen molar-refractivity contribution >= 4 is 16.9 Å². The van der Waals surface area contributed by atoms with Gasteiger partial charge in [-0.3, -0.25) is 4.79 Å². The van der Waals surface area contributed by atoms with Gasteiger partial charge in [-0.2, -0.15) is 0 Å². The smallest absolute Gasteiger partial charge is 0.320 e. The molecule has 5 nitrogen and oxygen atoms in total. The third kappa shape index (κ3) is 1.97. The van der Waals surface area contributed by atoms with Gasteiger partial charge in [0.2, 0.25) is 0 Å². The predicted octanol–water partition coefficient (Wildman–Crippen LogP) is 1.14. The quantitative estimate of drug-likeness (QED) is 0.639. The SMILES string of the molecule is Cc1[nH]c2cccc(O)c2c1CC(N)C(=O)O. The molecule has 1 heterocycles. The number of benzene rings is 1. The molecule has 2 aromatic rings. The molecule has 0 amide bonds. The highest BCUT2D eigenvalue weighted by Gasteiger charge is 2.18. The van der Waals surface area contributed by atoms with Gasteiger partial charge in [0, 0.05) is 23.0 Å². The number of aryl methyl sites for hydroxylation is 1. The minimum atomic E-state index is -1.05. The fourth-order valence-electron chi connectivity index (χ4n) is 1.99. The van der Waals surface area contributed by atoms with Crippen LogP contribution in [0, 0.1) is 6.92 Å². The molecule has 0 fully saturated rings. The number of aromatic nitrogens is 1. The molecule has 0 aliphatic heterocycles. The Bertz CT molecular complexity index is 574. The second-order valence-electron chi connectivity index (χ2n) is 4.08. The van der Waals surface area contributed by atoms with Gasteiger partial charge >= 0.3 is 5.97 Å². The van der Waals surface area contributed by atoms with Crippen LogP contribution in [0.5, 0.6) is 5.75 Å². The van der Waals surface area contributed by atoms with Crippen molar-refractivity contribution in [3.63, 3.8) is 0 Å². The Labute approximate surface area is 97.9 Å². The molecular formula is C12H14N2O3. The molecule has 0 saturated heterocycles. The van der Waals surface area contributed by atoms with Crippen molar-refractivity contribution in [3.8, 4) is 5.75 Å². The van der Waals surface area contributed by atoms with Crippen molar-refractivity contribution in [1.82, 2.24) is 4.98 Å². The van der Waals surface area contributed by atoms with Gasteiger partial charge in [0.1, 0.15) is 11.8 Å². The van der Waals surface area contributed by atoms with Crippen LogP contribution in [0.15, 0.2) is 18.2 Å². The summed E-state index contributed by atoms with van der Waals surface area (Å²) < 4.78 is 0. The van der Waals surface area contributed by atoms with E-state index in [9.17, 15) is 9.90 Å². The number of hydrogen-bond acceptors (Lipinski definition) is 3. The van der Waals surface area contributed by atoms with E-state index < -0.39 is 12.0 Å². The maximum Gasteiger partial charge on any atom is 0.320 e. The van der Waals surface area contributed by atoms with Crippen molar-refractivity contribution in [2.24, 2.45) is 5.73 Å². The monoisotopic (exact) mass is 234 g/mol. The molecule has 1 aromatic carbocycles. The molecule has 5 N–H and O–H groups in total. The number of H-pyrrole nitrogens is 1. The highest BCUT2D eigenvalue weighted by Crippen LogP contribution is 2.30. The van der Waals surface area contributed by atoms with Crippen LogP contribution in [0.25, 0.3) is 10.9 Å². The van der Waals surface area contributed by atoms with Gasteiger partial charge < -0.3 is 20.9 Å². The summed E-state index contributed by atoms with van der Waals surface area (Å²) >= 11 is 0. The fraction of sp³-hybridized carbons (Fsp3) is 0.250. The maximum absolute atomic E-state index is 10.8. The van der Waals surface area contributed by atoms with E-state index in [-0.39, 0.29) is 12.2 Å². The van der Waals surface area contributed by atoms with Gasteiger partial charge in [0.05, 0.1) is 0 Å². The van der Waals surface area contributed by atoms with Crippen LogP contribution in [0.1, 0.15) is 11.3 Å². The summed E-state index contributed by atoms with van der Waals surface area (Å²) in [6, 6.07) is 4.17. The average Bonchev–Trinajstić information content (AvgIpc) is 2.56. The standard InChI is InChI=1S/C12H14N2O3/c1-6-7(5-8(13)12(16)17)11-9(14-6)3-2-4-10(11)15/h2-4,8,14-15H,5,13H2,1H3,(H,16,17). The molecule has 0 aliphatic rings. The summed E-state index contributed by atoms with van der Waals surface area (Å²) in [5.41, 5.74) is 7.90. The Balaban J connectivity index is 2.53. The largest absolute Gasteiger partial charge is 0.507 e. The highest BCUT2D eigenvalue weighted by atomic mass is 16.4. The number of rotatable bonds is 3. The normalized spacial score (nSPS) is 12.8. The Hall–Kier alpha value is -2.01. The number of fused-ring (bicyclic) bond motifs is 1. The molecule has 5 heteroatoms. The Morgan fingerprint density at radius 3 is 2.88 bits per heavy atom. The first kappa shape index (κ1) is 11.5. The van der Waals surface area contributed by atoms with Crippen LogP contribution in [0.2, 0.25) is 0 Å². The van der Waals surface area contributed by atoms with E-state index in [1.165, 1.54) is 0 Å². The summed E-state index contributed by atoms with van der Waals surface area (Å²) in [6.45, 7) is 1.84. The third-order valence-electron chi connectivity index (χ3n) is 2.86. The maximum atomic E-state index is 10.8. The number of phenols is 1. The highest BCUT2D eigenvalue weighted by molar-refractivity contribution is 5.90. The molecule has 1 unspecified atom stereocenters. The lowest BCUT2D eigenvalue weighted by atomic mass is 10.0. The molecular weight excluding hydrogens is 220 g/mol. The van der Waals surface area contributed by atoms with Gasteiger partial charge in [-0.05, 0) is 24.6 Å². The molecule has 1 atom stereocenters. The number of aliphatic carboxylic acids is 1. The van der Waals surface area contributed by atoms with Crippen molar-refractivity contribution < 1.29 is 15.0 Å². The second-order valence-corrected chi connectivity index (χ2v) is 4.08. The van der Waals surface area contributed by atoms with Gasteiger partial charge in [-0.1, -0.05) is 6.07 Å². The number of carboxylic acid groups (broad SMARTS) is 1. The van der Waals surface area contributed by atoms with Crippen LogP contribution >= 0.6 is 0 Å². The first-order chi connectivity index (χ1) is 8.00. The molecule has 17 heavy (non-hydrogen) atoms. The van der Waals surface area contributed by atoms with Crippen molar-refractivity contribution in [1.29, 1.82) is 0 Å². The summed E-state index contributed by atoms with van der Waals surface area (Å²) in [5.74, 6) is -0.909. The number of phenolic OH excluding ortho intramolecular Hbond substituents is 1. The summed E-state index contributed by atoms with van der Waals surface area (Å²) in [7, 11) is 0. The van der Waals surface area contributed by atoms with Gasteiger partial charge in [-0.25, -0.2) is 0 Å². The number of nitrogens with two attached hydrogens (primary N) is 1. The van der Waals surface area contributed by atoms with E-state index in [1.807, 2.05) is 13.0 Å². The molecule has 0 bridgehead atoms. The van der Waals surface area contributed by atoms with Crippen LogP contribution in [0.3, 0.4) is 0 Å². The van der Waals surface area contributed by atoms with Crippen LogP contribution in [-0.2, 0) is 11.2 Å². The zero-order chi connectivity index (χ0) is 12.6. The van der Waals surface area contributed by atoms with Gasteiger partial charge in [0.15, 0.2) is 0 Å². The number of nitrogens with one attached hydrogen (secondary N) is 1. The number of carbonyl (C=O) groups is 1. The van der Waals surface area contributed by atoms with Crippen molar-refractivity contribution in [2.75, 3.05) is 0 Å². The predicted molar refractivity (Wildman–Crippen MR) is 64.0 cm³/mol. The summed E-state index contributed by atoms with van der Waals surface area (Å²) in [6.07, 6.45) is 0.193. The van der Waals surface area contributed by atoms with E-state index in [1.54, 1.807) is 12.1 Å². The Morgan fingerprint density at radius 2 is 2.24 bits per heavy atom. The third-order valence-corrected chi connectivity index (χ3v) is 2.86. The number of carboxylic acids is 1. The van der Waals surface area contributed by atoms with Crippen LogP contribution < -0.4 is 5.73 Å². The summed E-state index contributed by atoms with van der Waals surface area (Å²) in [4.78, 5) is 13.9. The zero-order valence-corrected chi connectivity index (χ0v) is 9.40. The first-order valence-corrected chi connectivity index (χ1v) is 5.28. The molecule has 1 aromatic heterocycles. The van der Waals surface area contributed by atoms with E-state index >= 15 is 0 Å². The summed E-state index contributed by atoms with van der Waals surface area (Å²) in [5, 5.41) is 19.3. The molecule has 0 saturated carbocycles. The molecule has 90 valence electrons. The fourth-order valence-corrected chi connectivity index (χ4v) is 1.99. The van der Waals surface area contributed by atoms with E-state index in [0.717, 1.165) is 16.8 Å². The Kier molecular flexibility index (Phi) is 2.77. The molecule has 0 spiro atoms. The lowest BCUT2D eigenvalue weighted by Gasteiger charge is -2.07. The van der Waals surface area contributed by atoms with Gasteiger partial charge in [0.25, 0.3) is 0 Å². The second kappa shape index (κ2) is 4.10. The molecule has 0 aliphatic carbocycles. The molecule has 0 radical (unpaired) electrons. The van der Waals surface area contributed by atoms with Crippen molar-refractivity contribution in [2.45, 2.75) is 19.4 Å². The molecule has 2 rings (SSSR count). The topological polar surface area (TPSA) is 99.3 Å². The number of aromatic hydroxyl groups is 1. The number of hydrogen-bond donors (Lipinski definition) is 4. The van der Waals surface area contributed by atoms with E-state index in [4.69, 9.17) is 10.8 Å².